The van der Waals surface area contributed by atoms with Crippen LogP contribution in [0.25, 0.3) is 0 Å². The van der Waals surface area contributed by atoms with Gasteiger partial charge in [0.25, 0.3) is 0 Å². The van der Waals surface area contributed by atoms with Crippen molar-refractivity contribution in [1.29, 1.82) is 0 Å². The fourth-order valence-electron chi connectivity index (χ4n) is 1.95. The zero-order chi connectivity index (χ0) is 15.0. The molecule has 1 unspecified atom stereocenters. The van der Waals surface area contributed by atoms with Gasteiger partial charge in [-0.15, -0.1) is 0 Å². The van der Waals surface area contributed by atoms with Gasteiger partial charge >= 0.3 is 0 Å². The average molecular weight is 280 g/mol. The van der Waals surface area contributed by atoms with Crippen LogP contribution in [-0.4, -0.2) is 44.4 Å². The lowest BCUT2D eigenvalue weighted by molar-refractivity contribution is 0.0629. The van der Waals surface area contributed by atoms with Crippen molar-refractivity contribution in [2.75, 3.05) is 33.4 Å². The van der Waals surface area contributed by atoms with Crippen LogP contribution in [0.2, 0.25) is 0 Å². The minimum absolute atomic E-state index is 0.00901. The van der Waals surface area contributed by atoms with E-state index in [9.17, 15) is 0 Å². The number of rotatable bonds is 9. The van der Waals surface area contributed by atoms with Crippen LogP contribution in [0.4, 0.5) is 0 Å². The van der Waals surface area contributed by atoms with Gasteiger partial charge in [0.05, 0.1) is 19.3 Å². The van der Waals surface area contributed by atoms with E-state index in [0.29, 0.717) is 6.61 Å². The molecule has 1 aromatic rings. The maximum absolute atomic E-state index is 6.23. The summed E-state index contributed by atoms with van der Waals surface area (Å²) in [6.45, 7) is 9.21. The molecule has 0 saturated carbocycles. The van der Waals surface area contributed by atoms with Crippen molar-refractivity contribution in [3.8, 4) is 5.75 Å². The Bertz CT molecular complexity index is 365. The standard InChI is InChI=1S/C16H28N2O2/c1-5-19-15-8-6-14(7-9-15)16(17)12-18(4)10-11-20-13(2)3/h6-9,13,16H,5,10-12,17H2,1-4H3. The maximum atomic E-state index is 6.23. The fraction of sp³-hybridized carbons (Fsp3) is 0.625. The topological polar surface area (TPSA) is 47.7 Å². The average Bonchev–Trinajstić information content (AvgIpc) is 2.39. The van der Waals surface area contributed by atoms with Gasteiger partial charge in [-0.25, -0.2) is 0 Å². The van der Waals surface area contributed by atoms with E-state index in [4.69, 9.17) is 15.2 Å². The molecule has 0 aliphatic rings. The van der Waals surface area contributed by atoms with Gasteiger partial charge < -0.3 is 20.1 Å². The summed E-state index contributed by atoms with van der Waals surface area (Å²) in [5.41, 5.74) is 7.36. The van der Waals surface area contributed by atoms with Crippen LogP contribution >= 0.6 is 0 Å². The van der Waals surface area contributed by atoms with E-state index in [-0.39, 0.29) is 12.1 Å². The van der Waals surface area contributed by atoms with Crippen molar-refractivity contribution in [1.82, 2.24) is 4.90 Å². The van der Waals surface area contributed by atoms with E-state index < -0.39 is 0 Å². The Morgan fingerprint density at radius 2 is 1.85 bits per heavy atom. The molecule has 0 bridgehead atoms. The first-order valence-corrected chi connectivity index (χ1v) is 7.31. The summed E-state index contributed by atoms with van der Waals surface area (Å²) in [5.74, 6) is 0.891. The second-order valence-electron chi connectivity index (χ2n) is 5.29. The fourth-order valence-corrected chi connectivity index (χ4v) is 1.95. The van der Waals surface area contributed by atoms with Crippen LogP contribution in [0.5, 0.6) is 5.75 Å². The molecule has 4 heteroatoms. The van der Waals surface area contributed by atoms with E-state index >= 15 is 0 Å². The van der Waals surface area contributed by atoms with Gasteiger partial charge in [-0.05, 0) is 45.5 Å². The van der Waals surface area contributed by atoms with Gasteiger partial charge in [0.15, 0.2) is 0 Å². The Kier molecular flexibility index (Phi) is 7.59. The maximum Gasteiger partial charge on any atom is 0.119 e. The lowest BCUT2D eigenvalue weighted by Gasteiger charge is -2.22. The Morgan fingerprint density at radius 1 is 1.20 bits per heavy atom. The molecule has 0 radical (unpaired) electrons. The van der Waals surface area contributed by atoms with E-state index in [2.05, 4.69) is 11.9 Å². The normalized spacial score (nSPS) is 12.9. The largest absolute Gasteiger partial charge is 0.494 e. The summed E-state index contributed by atoms with van der Waals surface area (Å²) in [7, 11) is 2.07. The highest BCUT2D eigenvalue weighted by molar-refractivity contribution is 5.29. The third-order valence-electron chi connectivity index (χ3n) is 3.05. The van der Waals surface area contributed by atoms with E-state index in [1.54, 1.807) is 0 Å². The summed E-state index contributed by atoms with van der Waals surface area (Å²) in [4.78, 5) is 2.20. The molecule has 2 N–H and O–H groups in total. The second kappa shape index (κ2) is 8.95. The van der Waals surface area contributed by atoms with Gasteiger partial charge in [-0.3, -0.25) is 0 Å². The molecule has 0 amide bonds. The SMILES string of the molecule is CCOc1ccc(C(N)CN(C)CCOC(C)C)cc1. The highest BCUT2D eigenvalue weighted by Gasteiger charge is 2.09. The quantitative estimate of drug-likeness (QED) is 0.755. The zero-order valence-electron chi connectivity index (χ0n) is 13.1. The van der Waals surface area contributed by atoms with Gasteiger partial charge in [-0.2, -0.15) is 0 Å². The van der Waals surface area contributed by atoms with Crippen LogP contribution in [0.1, 0.15) is 32.4 Å². The molecule has 0 heterocycles. The summed E-state index contributed by atoms with van der Waals surface area (Å²) < 4.78 is 11.0. The lowest BCUT2D eigenvalue weighted by Crippen LogP contribution is -2.32. The Hall–Kier alpha value is -1.10. The first kappa shape index (κ1) is 17.0. The number of hydrogen-bond donors (Lipinski definition) is 1. The van der Waals surface area contributed by atoms with Crippen molar-refractivity contribution in [3.05, 3.63) is 29.8 Å². The van der Waals surface area contributed by atoms with Crippen LogP contribution in [-0.2, 0) is 4.74 Å². The predicted octanol–water partition coefficient (Wildman–Crippen LogP) is 2.44. The third kappa shape index (κ3) is 6.37. The highest BCUT2D eigenvalue weighted by Crippen LogP contribution is 2.17. The minimum Gasteiger partial charge on any atom is -0.494 e. The van der Waals surface area contributed by atoms with Gasteiger partial charge in [-0.1, -0.05) is 12.1 Å². The van der Waals surface area contributed by atoms with Crippen LogP contribution in [0.15, 0.2) is 24.3 Å². The third-order valence-corrected chi connectivity index (χ3v) is 3.05. The van der Waals surface area contributed by atoms with Crippen molar-refractivity contribution >= 4 is 0 Å². The number of benzene rings is 1. The molecule has 20 heavy (non-hydrogen) atoms. The van der Waals surface area contributed by atoms with Gasteiger partial charge in [0.2, 0.25) is 0 Å². The molecule has 0 saturated heterocycles. The lowest BCUT2D eigenvalue weighted by atomic mass is 10.1. The van der Waals surface area contributed by atoms with Crippen LogP contribution in [0, 0.1) is 0 Å². The monoisotopic (exact) mass is 280 g/mol. The Labute approximate surface area is 122 Å². The molecule has 0 aliphatic heterocycles. The summed E-state index contributed by atoms with van der Waals surface area (Å²) in [6.07, 6.45) is 0.281. The molecule has 0 spiro atoms. The number of nitrogens with zero attached hydrogens (tertiary/aromatic N) is 1. The number of likely N-dealkylation sites (N-methyl/N-ethyl adjacent to an activating group) is 1. The molecule has 1 rings (SSSR count). The number of hydrogen-bond acceptors (Lipinski definition) is 4. The molecule has 4 nitrogen and oxygen atoms in total. The molecule has 114 valence electrons. The predicted molar refractivity (Wildman–Crippen MR) is 83.1 cm³/mol. The first-order chi connectivity index (χ1) is 9.52. The Morgan fingerprint density at radius 3 is 2.40 bits per heavy atom. The highest BCUT2D eigenvalue weighted by atomic mass is 16.5. The molecule has 1 atom stereocenters. The van der Waals surface area contributed by atoms with E-state index in [1.807, 2.05) is 45.0 Å². The molecular formula is C16H28N2O2. The molecule has 0 fully saturated rings. The minimum atomic E-state index is 0.00901. The molecular weight excluding hydrogens is 252 g/mol. The van der Waals surface area contributed by atoms with Crippen molar-refractivity contribution in [3.63, 3.8) is 0 Å². The second-order valence-corrected chi connectivity index (χ2v) is 5.29. The molecule has 0 aromatic heterocycles. The smallest absolute Gasteiger partial charge is 0.119 e. The first-order valence-electron chi connectivity index (χ1n) is 7.31. The van der Waals surface area contributed by atoms with Crippen LogP contribution in [0.3, 0.4) is 0 Å². The summed E-state index contributed by atoms with van der Waals surface area (Å²) in [6, 6.07) is 8.03. The van der Waals surface area contributed by atoms with Gasteiger partial charge in [0.1, 0.15) is 5.75 Å². The number of ether oxygens (including phenoxy) is 2. The van der Waals surface area contributed by atoms with E-state index in [0.717, 1.165) is 31.0 Å². The number of nitrogens with two attached hydrogens (primary N) is 1. The summed E-state index contributed by atoms with van der Waals surface area (Å²) >= 11 is 0. The summed E-state index contributed by atoms with van der Waals surface area (Å²) in [5, 5.41) is 0. The van der Waals surface area contributed by atoms with E-state index in [1.165, 1.54) is 0 Å². The van der Waals surface area contributed by atoms with Crippen molar-refractivity contribution < 1.29 is 9.47 Å². The molecule has 1 aromatic carbocycles. The van der Waals surface area contributed by atoms with Crippen molar-refractivity contribution in [2.24, 2.45) is 5.73 Å². The van der Waals surface area contributed by atoms with Crippen molar-refractivity contribution in [2.45, 2.75) is 32.9 Å². The zero-order valence-corrected chi connectivity index (χ0v) is 13.1. The van der Waals surface area contributed by atoms with Gasteiger partial charge in [0, 0.05) is 19.1 Å². The Balaban J connectivity index is 2.39. The molecule has 0 aliphatic carbocycles. The van der Waals surface area contributed by atoms with Crippen LogP contribution < -0.4 is 10.5 Å².